The molecule has 0 radical (unpaired) electrons. The van der Waals surface area contributed by atoms with E-state index in [0.29, 0.717) is 19.6 Å². The van der Waals surface area contributed by atoms with Crippen molar-refractivity contribution in [2.24, 2.45) is 0 Å². The average Bonchev–Trinajstić information content (AvgIpc) is 3.05. The van der Waals surface area contributed by atoms with Gasteiger partial charge in [0.15, 0.2) is 5.78 Å². The summed E-state index contributed by atoms with van der Waals surface area (Å²) in [6, 6.07) is 10.1. The fourth-order valence-corrected chi connectivity index (χ4v) is 4.41. The van der Waals surface area contributed by atoms with Gasteiger partial charge in [-0.2, -0.15) is 0 Å². The lowest BCUT2D eigenvalue weighted by Crippen LogP contribution is -2.64. The minimum atomic E-state index is -0.370. The van der Waals surface area contributed by atoms with Gasteiger partial charge in [-0.05, 0) is 18.1 Å². The molecule has 3 aliphatic rings. The molecule has 6 nitrogen and oxygen atoms in total. The minimum absolute atomic E-state index is 0.0366. The Morgan fingerprint density at radius 2 is 1.90 bits per heavy atom. The summed E-state index contributed by atoms with van der Waals surface area (Å²) in [4.78, 5) is 11.6. The van der Waals surface area contributed by atoms with Gasteiger partial charge in [0.25, 0.3) is 0 Å². The van der Waals surface area contributed by atoms with Crippen molar-refractivity contribution in [1.29, 1.82) is 0 Å². The number of hydrogen-bond acceptors (Lipinski definition) is 6. The van der Waals surface area contributed by atoms with Crippen LogP contribution in [0.5, 0.6) is 0 Å². The normalized spacial score (nSPS) is 34.8. The fourth-order valence-electron chi connectivity index (χ4n) is 4.41. The third-order valence-corrected chi connectivity index (χ3v) is 5.98. The van der Waals surface area contributed by atoms with Crippen LogP contribution >= 0.6 is 0 Å². The van der Waals surface area contributed by atoms with Gasteiger partial charge in [0.2, 0.25) is 0 Å². The molecule has 2 saturated heterocycles. The summed E-state index contributed by atoms with van der Waals surface area (Å²) in [6.45, 7) is 8.35. The Labute approximate surface area is 183 Å². The summed E-state index contributed by atoms with van der Waals surface area (Å²) in [6.07, 6.45) is 6.54. The Bertz CT molecular complexity index is 790. The van der Waals surface area contributed by atoms with Gasteiger partial charge in [0.1, 0.15) is 31.0 Å². The topological polar surface area (TPSA) is 63.2 Å². The summed E-state index contributed by atoms with van der Waals surface area (Å²) in [5.41, 5.74) is 1.09. The maximum Gasteiger partial charge on any atom is 0.180 e. The van der Waals surface area contributed by atoms with Gasteiger partial charge in [-0.3, -0.25) is 4.79 Å². The zero-order valence-corrected chi connectivity index (χ0v) is 17.6. The van der Waals surface area contributed by atoms with Crippen LogP contribution in [0, 0.1) is 0 Å². The molecule has 31 heavy (non-hydrogen) atoms. The number of ether oxygens (including phenoxy) is 5. The van der Waals surface area contributed by atoms with Crippen LogP contribution in [-0.2, 0) is 35.1 Å². The third-order valence-electron chi connectivity index (χ3n) is 5.98. The fraction of sp³-hybridized carbons (Fsp3) is 0.480. The van der Waals surface area contributed by atoms with E-state index in [-0.39, 0.29) is 55.1 Å². The van der Waals surface area contributed by atoms with Crippen molar-refractivity contribution in [3.63, 3.8) is 0 Å². The minimum Gasteiger partial charge on any atom is -0.369 e. The molecule has 4 rings (SSSR count). The molecule has 0 saturated carbocycles. The Kier molecular flexibility index (Phi) is 7.48. The molecule has 0 bridgehead atoms. The standard InChI is InChI=1S/C25H30O6/c1-3-18(26)16-28-21-14-22-24(31-19(21)4-2)25(29-15-17-10-6-5-7-11-17)23-20(30-22)12-8-9-13-27-23/h3-11,19-25H,1-2,12-16H2/t19-,20+,21+,22-,23+,24-,25-/m1/s1. The van der Waals surface area contributed by atoms with Crippen LogP contribution < -0.4 is 0 Å². The van der Waals surface area contributed by atoms with Gasteiger partial charge in [0.05, 0.1) is 31.5 Å². The second kappa shape index (κ2) is 10.5. The summed E-state index contributed by atoms with van der Waals surface area (Å²) in [5, 5.41) is 0. The molecule has 0 unspecified atom stereocenters. The molecule has 0 N–H and O–H groups in total. The smallest absolute Gasteiger partial charge is 0.180 e. The number of carbonyl (C=O) groups excluding carboxylic acids is 1. The molecule has 0 aliphatic carbocycles. The summed E-state index contributed by atoms with van der Waals surface area (Å²) >= 11 is 0. The summed E-state index contributed by atoms with van der Waals surface area (Å²) in [7, 11) is 0. The van der Waals surface area contributed by atoms with Gasteiger partial charge in [0, 0.05) is 6.42 Å². The Hall–Kier alpha value is -2.09. The van der Waals surface area contributed by atoms with Gasteiger partial charge in [-0.15, -0.1) is 6.58 Å². The molecule has 3 heterocycles. The van der Waals surface area contributed by atoms with E-state index in [9.17, 15) is 4.79 Å². The second-order valence-electron chi connectivity index (χ2n) is 8.04. The number of rotatable bonds is 8. The van der Waals surface area contributed by atoms with Crippen LogP contribution in [-0.4, -0.2) is 61.7 Å². The molecule has 7 atom stereocenters. The van der Waals surface area contributed by atoms with Crippen molar-refractivity contribution in [1.82, 2.24) is 0 Å². The highest BCUT2D eigenvalue weighted by atomic mass is 16.6. The lowest BCUT2D eigenvalue weighted by molar-refractivity contribution is -0.291. The second-order valence-corrected chi connectivity index (χ2v) is 8.04. The SMILES string of the molecule is C=CC(=O)CO[C@H]1C[C@H]2O[C@H]3CC=CCO[C@@H]3[C@@H](OCc3ccccc3)[C@@H]2O[C@@H]1C=C. The maximum absolute atomic E-state index is 11.6. The van der Waals surface area contributed by atoms with Crippen LogP contribution in [0.2, 0.25) is 0 Å². The van der Waals surface area contributed by atoms with Crippen molar-refractivity contribution in [3.8, 4) is 0 Å². The molecule has 1 aromatic rings. The zero-order chi connectivity index (χ0) is 21.6. The largest absolute Gasteiger partial charge is 0.369 e. The quantitative estimate of drug-likeness (QED) is 0.470. The van der Waals surface area contributed by atoms with E-state index >= 15 is 0 Å². The first-order valence-electron chi connectivity index (χ1n) is 10.8. The van der Waals surface area contributed by atoms with Gasteiger partial charge >= 0.3 is 0 Å². The van der Waals surface area contributed by atoms with Gasteiger partial charge in [-0.25, -0.2) is 0 Å². The molecule has 2 fully saturated rings. The monoisotopic (exact) mass is 426 g/mol. The van der Waals surface area contributed by atoms with Crippen molar-refractivity contribution in [3.05, 3.63) is 73.4 Å². The van der Waals surface area contributed by atoms with Gasteiger partial charge < -0.3 is 23.7 Å². The summed E-state index contributed by atoms with van der Waals surface area (Å²) < 4.78 is 31.1. The Balaban J connectivity index is 1.52. The number of benzene rings is 1. The van der Waals surface area contributed by atoms with Crippen molar-refractivity contribution < 1.29 is 28.5 Å². The lowest BCUT2D eigenvalue weighted by atomic mass is 9.87. The molecule has 0 amide bonds. The Morgan fingerprint density at radius 3 is 2.68 bits per heavy atom. The van der Waals surface area contributed by atoms with Crippen LogP contribution in [0.1, 0.15) is 18.4 Å². The number of ketones is 1. The average molecular weight is 427 g/mol. The highest BCUT2D eigenvalue weighted by Crippen LogP contribution is 2.38. The maximum atomic E-state index is 11.6. The van der Waals surface area contributed by atoms with Crippen molar-refractivity contribution in [2.75, 3.05) is 13.2 Å². The molecule has 0 aromatic heterocycles. The molecule has 6 heteroatoms. The predicted molar refractivity (Wildman–Crippen MR) is 116 cm³/mol. The van der Waals surface area contributed by atoms with E-state index in [1.54, 1.807) is 6.08 Å². The third kappa shape index (κ3) is 5.22. The van der Waals surface area contributed by atoms with E-state index in [1.165, 1.54) is 6.08 Å². The van der Waals surface area contributed by atoms with E-state index in [0.717, 1.165) is 12.0 Å². The first-order valence-corrected chi connectivity index (χ1v) is 10.8. The molecule has 1 aromatic carbocycles. The molecule has 0 spiro atoms. The number of hydrogen-bond donors (Lipinski definition) is 0. The highest BCUT2D eigenvalue weighted by Gasteiger charge is 2.52. The van der Waals surface area contributed by atoms with E-state index in [1.807, 2.05) is 36.4 Å². The van der Waals surface area contributed by atoms with Crippen LogP contribution in [0.3, 0.4) is 0 Å². The van der Waals surface area contributed by atoms with E-state index in [4.69, 9.17) is 23.7 Å². The number of carbonyl (C=O) groups is 1. The van der Waals surface area contributed by atoms with Crippen molar-refractivity contribution in [2.45, 2.75) is 62.2 Å². The van der Waals surface area contributed by atoms with E-state index < -0.39 is 0 Å². The van der Waals surface area contributed by atoms with Crippen LogP contribution in [0.4, 0.5) is 0 Å². The molecule has 3 aliphatic heterocycles. The summed E-state index contributed by atoms with van der Waals surface area (Å²) in [5.74, 6) is -0.166. The Morgan fingerprint density at radius 1 is 1.06 bits per heavy atom. The molecular weight excluding hydrogens is 396 g/mol. The highest BCUT2D eigenvalue weighted by molar-refractivity contribution is 5.90. The predicted octanol–water partition coefficient (Wildman–Crippen LogP) is 3.17. The first kappa shape index (κ1) is 22.1. The van der Waals surface area contributed by atoms with Crippen molar-refractivity contribution >= 4 is 5.78 Å². The molecule has 166 valence electrons. The first-order chi connectivity index (χ1) is 15.2. The van der Waals surface area contributed by atoms with E-state index in [2.05, 4.69) is 19.2 Å². The molecular formula is C25H30O6. The van der Waals surface area contributed by atoms with Crippen LogP contribution in [0.25, 0.3) is 0 Å². The van der Waals surface area contributed by atoms with Gasteiger partial charge in [-0.1, -0.05) is 55.1 Å². The number of fused-ring (bicyclic) bond motifs is 2. The zero-order valence-electron chi connectivity index (χ0n) is 17.6. The lowest BCUT2D eigenvalue weighted by Gasteiger charge is -2.50. The van der Waals surface area contributed by atoms with Crippen LogP contribution in [0.15, 0.2) is 67.8 Å².